The van der Waals surface area contributed by atoms with Crippen LogP contribution in [0.5, 0.6) is 5.75 Å². The highest BCUT2D eigenvalue weighted by atomic mass is 19.1. The molecule has 0 aliphatic carbocycles. The van der Waals surface area contributed by atoms with Gasteiger partial charge < -0.3 is 9.26 Å². The molecule has 0 spiro atoms. The molecule has 1 aromatic carbocycles. The minimum Gasteiger partial charge on any atom is -0.481 e. The zero-order chi connectivity index (χ0) is 17.7. The van der Waals surface area contributed by atoms with Gasteiger partial charge in [-0.25, -0.2) is 4.39 Å². The van der Waals surface area contributed by atoms with Crippen LogP contribution in [0, 0.1) is 19.7 Å². The number of nitrogens with one attached hydrogen (secondary N) is 2. The van der Waals surface area contributed by atoms with E-state index in [1.807, 2.05) is 0 Å². The molecule has 0 aliphatic heterocycles. The fourth-order valence-corrected chi connectivity index (χ4v) is 1.96. The largest absolute Gasteiger partial charge is 0.481 e. The molecule has 0 fully saturated rings. The fraction of sp³-hybridized carbons (Fsp3) is 0.312. The molecule has 0 aliphatic rings. The van der Waals surface area contributed by atoms with Crippen LogP contribution < -0.4 is 15.6 Å². The maximum atomic E-state index is 12.8. The highest BCUT2D eigenvalue weighted by Gasteiger charge is 2.17. The van der Waals surface area contributed by atoms with Crippen molar-refractivity contribution in [2.75, 3.05) is 0 Å². The third-order valence-corrected chi connectivity index (χ3v) is 3.34. The van der Waals surface area contributed by atoms with E-state index in [1.54, 1.807) is 13.8 Å². The molecule has 1 aromatic heterocycles. The number of amides is 2. The molecular weight excluding hydrogens is 317 g/mol. The third kappa shape index (κ3) is 4.55. The molecule has 0 radical (unpaired) electrons. The number of halogens is 1. The Hall–Kier alpha value is -2.90. The number of hydrazine groups is 1. The molecule has 128 valence electrons. The third-order valence-electron chi connectivity index (χ3n) is 3.34. The Bertz CT molecular complexity index is 708. The molecule has 0 saturated carbocycles. The Morgan fingerprint density at radius 3 is 2.50 bits per heavy atom. The molecule has 0 saturated heterocycles. The lowest BCUT2D eigenvalue weighted by Gasteiger charge is -2.15. The van der Waals surface area contributed by atoms with E-state index in [2.05, 4.69) is 16.0 Å². The summed E-state index contributed by atoms with van der Waals surface area (Å²) in [5.41, 5.74) is 5.88. The smallest absolute Gasteiger partial charge is 0.279 e. The minimum atomic E-state index is -0.866. The fourth-order valence-electron chi connectivity index (χ4n) is 1.96. The van der Waals surface area contributed by atoms with Gasteiger partial charge in [0.2, 0.25) is 5.91 Å². The predicted octanol–water partition coefficient (Wildman–Crippen LogP) is 1.59. The number of hydrogen-bond acceptors (Lipinski definition) is 5. The first-order valence-corrected chi connectivity index (χ1v) is 7.29. The Labute approximate surface area is 138 Å². The normalized spacial score (nSPS) is 11.7. The minimum absolute atomic E-state index is 0.0364. The summed E-state index contributed by atoms with van der Waals surface area (Å²) in [6, 6.07) is 5.28. The lowest BCUT2D eigenvalue weighted by Crippen LogP contribution is -2.47. The van der Waals surface area contributed by atoms with E-state index in [0.29, 0.717) is 22.8 Å². The molecule has 2 amide bonds. The SMILES string of the molecule is Cc1noc(C)c1CC(=O)NNC(=O)[C@@H](C)Oc1ccc(F)cc1. The van der Waals surface area contributed by atoms with Crippen molar-refractivity contribution in [2.24, 2.45) is 0 Å². The summed E-state index contributed by atoms with van der Waals surface area (Å²) in [5, 5.41) is 3.76. The van der Waals surface area contributed by atoms with Gasteiger partial charge in [-0.15, -0.1) is 0 Å². The second-order valence-corrected chi connectivity index (χ2v) is 5.23. The molecule has 2 N–H and O–H groups in total. The number of rotatable bonds is 5. The van der Waals surface area contributed by atoms with E-state index in [0.717, 1.165) is 0 Å². The van der Waals surface area contributed by atoms with Crippen molar-refractivity contribution in [3.05, 3.63) is 47.1 Å². The standard InChI is InChI=1S/C16H18FN3O4/c1-9-14(10(2)24-20-9)8-15(21)18-19-16(22)11(3)23-13-6-4-12(17)5-7-13/h4-7,11H,8H2,1-3H3,(H,18,21)(H,19,22)/t11-/m1/s1. The Morgan fingerprint density at radius 1 is 1.25 bits per heavy atom. The lowest BCUT2D eigenvalue weighted by atomic mass is 10.1. The van der Waals surface area contributed by atoms with Gasteiger partial charge in [0.15, 0.2) is 6.10 Å². The Balaban J connectivity index is 1.81. The quantitative estimate of drug-likeness (QED) is 0.809. The molecule has 1 atom stereocenters. The summed E-state index contributed by atoms with van der Waals surface area (Å²) in [6.07, 6.45) is -0.830. The van der Waals surface area contributed by atoms with Crippen molar-refractivity contribution in [3.63, 3.8) is 0 Å². The van der Waals surface area contributed by atoms with Gasteiger partial charge in [0.05, 0.1) is 12.1 Å². The Kier molecular flexibility index (Phi) is 5.51. The number of carbonyl (C=O) groups is 2. The number of aryl methyl sites for hydroxylation is 2. The number of nitrogens with zero attached hydrogens (tertiary/aromatic N) is 1. The van der Waals surface area contributed by atoms with Gasteiger partial charge in [-0.05, 0) is 45.0 Å². The molecule has 24 heavy (non-hydrogen) atoms. The molecule has 7 nitrogen and oxygen atoms in total. The monoisotopic (exact) mass is 335 g/mol. The van der Waals surface area contributed by atoms with Crippen LogP contribution in [0.2, 0.25) is 0 Å². The van der Waals surface area contributed by atoms with Crippen LogP contribution in [0.1, 0.15) is 23.9 Å². The maximum absolute atomic E-state index is 12.8. The van der Waals surface area contributed by atoms with Gasteiger partial charge in [-0.3, -0.25) is 20.4 Å². The lowest BCUT2D eigenvalue weighted by molar-refractivity contribution is -0.132. The van der Waals surface area contributed by atoms with Gasteiger partial charge >= 0.3 is 0 Å². The van der Waals surface area contributed by atoms with Crippen LogP contribution in [0.3, 0.4) is 0 Å². The second-order valence-electron chi connectivity index (χ2n) is 5.23. The summed E-state index contributed by atoms with van der Waals surface area (Å²) >= 11 is 0. The number of benzene rings is 1. The molecule has 1 heterocycles. The number of hydrogen-bond donors (Lipinski definition) is 2. The van der Waals surface area contributed by atoms with E-state index >= 15 is 0 Å². The zero-order valence-electron chi connectivity index (χ0n) is 13.6. The van der Waals surface area contributed by atoms with Crippen LogP contribution in [0.4, 0.5) is 4.39 Å². The van der Waals surface area contributed by atoms with E-state index in [1.165, 1.54) is 31.2 Å². The van der Waals surface area contributed by atoms with Crippen molar-refractivity contribution < 1.29 is 23.2 Å². The first-order valence-electron chi connectivity index (χ1n) is 7.29. The number of carbonyl (C=O) groups excluding carboxylic acids is 2. The predicted molar refractivity (Wildman–Crippen MR) is 82.5 cm³/mol. The van der Waals surface area contributed by atoms with Gasteiger partial charge in [0.1, 0.15) is 17.3 Å². The molecule has 2 aromatic rings. The summed E-state index contributed by atoms with van der Waals surface area (Å²) in [6.45, 7) is 4.95. The van der Waals surface area contributed by atoms with E-state index in [9.17, 15) is 14.0 Å². The molecule has 8 heteroatoms. The highest BCUT2D eigenvalue weighted by Crippen LogP contribution is 2.13. The summed E-state index contributed by atoms with van der Waals surface area (Å²) < 4.78 is 23.1. The number of aromatic nitrogens is 1. The number of ether oxygens (including phenoxy) is 1. The van der Waals surface area contributed by atoms with Gasteiger partial charge in [-0.2, -0.15) is 0 Å². The van der Waals surface area contributed by atoms with E-state index < -0.39 is 23.7 Å². The van der Waals surface area contributed by atoms with Crippen LogP contribution in [-0.4, -0.2) is 23.1 Å². The second kappa shape index (κ2) is 7.58. The summed E-state index contributed by atoms with van der Waals surface area (Å²) in [5.74, 6) is -0.438. The van der Waals surface area contributed by atoms with Crippen molar-refractivity contribution in [1.82, 2.24) is 16.0 Å². The average molecular weight is 335 g/mol. The zero-order valence-corrected chi connectivity index (χ0v) is 13.6. The molecule has 0 unspecified atom stereocenters. The molecule has 0 bridgehead atoms. The Morgan fingerprint density at radius 2 is 1.92 bits per heavy atom. The van der Waals surface area contributed by atoms with Crippen molar-refractivity contribution in [1.29, 1.82) is 0 Å². The van der Waals surface area contributed by atoms with Crippen LogP contribution in [0.15, 0.2) is 28.8 Å². The maximum Gasteiger partial charge on any atom is 0.279 e. The van der Waals surface area contributed by atoms with Crippen molar-refractivity contribution >= 4 is 11.8 Å². The first kappa shape index (κ1) is 17.5. The van der Waals surface area contributed by atoms with Gasteiger partial charge in [0.25, 0.3) is 5.91 Å². The first-order chi connectivity index (χ1) is 11.4. The van der Waals surface area contributed by atoms with Gasteiger partial charge in [0, 0.05) is 5.56 Å². The molecular formula is C16H18FN3O4. The van der Waals surface area contributed by atoms with Gasteiger partial charge in [-0.1, -0.05) is 5.16 Å². The summed E-state index contributed by atoms with van der Waals surface area (Å²) in [7, 11) is 0. The van der Waals surface area contributed by atoms with Crippen LogP contribution in [-0.2, 0) is 16.0 Å². The highest BCUT2D eigenvalue weighted by molar-refractivity contribution is 5.85. The topological polar surface area (TPSA) is 93.5 Å². The van der Waals surface area contributed by atoms with Crippen molar-refractivity contribution in [2.45, 2.75) is 33.3 Å². The van der Waals surface area contributed by atoms with E-state index in [4.69, 9.17) is 9.26 Å². The molecule has 2 rings (SSSR count). The van der Waals surface area contributed by atoms with Crippen LogP contribution >= 0.6 is 0 Å². The van der Waals surface area contributed by atoms with Crippen molar-refractivity contribution in [3.8, 4) is 5.75 Å². The average Bonchev–Trinajstić information content (AvgIpc) is 2.86. The van der Waals surface area contributed by atoms with E-state index in [-0.39, 0.29) is 6.42 Å². The van der Waals surface area contributed by atoms with Crippen LogP contribution in [0.25, 0.3) is 0 Å². The summed E-state index contributed by atoms with van der Waals surface area (Å²) in [4.78, 5) is 23.8.